The maximum absolute atomic E-state index is 13.4. The number of ether oxygens (including phenoxy) is 1. The maximum atomic E-state index is 13.4. The van der Waals surface area contributed by atoms with Gasteiger partial charge in [-0.25, -0.2) is 22.2 Å². The maximum Gasteiger partial charge on any atom is 0.417 e. The predicted octanol–water partition coefficient (Wildman–Crippen LogP) is 4.69. The molecular formula is C24H20F5N3O5S2. The van der Waals surface area contributed by atoms with Crippen LogP contribution in [0.25, 0.3) is 11.3 Å². The molecular weight excluding hydrogens is 569 g/mol. The first-order valence-electron chi connectivity index (χ1n) is 11.4. The number of piperidine rings is 1. The van der Waals surface area contributed by atoms with E-state index in [0.29, 0.717) is 17.3 Å². The number of alkyl halides is 3. The summed E-state index contributed by atoms with van der Waals surface area (Å²) >= 11 is 1.02. The van der Waals surface area contributed by atoms with Gasteiger partial charge in [0, 0.05) is 24.0 Å². The lowest BCUT2D eigenvalue weighted by Crippen LogP contribution is -2.41. The number of carbonyl (C=O) groups is 2. The minimum atomic E-state index is -4.86. The molecule has 1 fully saturated rings. The Morgan fingerprint density at radius 2 is 1.77 bits per heavy atom. The van der Waals surface area contributed by atoms with Crippen LogP contribution in [0.2, 0.25) is 0 Å². The fourth-order valence-corrected chi connectivity index (χ4v) is 6.34. The Morgan fingerprint density at radius 1 is 1.08 bits per heavy atom. The van der Waals surface area contributed by atoms with Gasteiger partial charge in [-0.3, -0.25) is 14.9 Å². The molecule has 2 aromatic carbocycles. The van der Waals surface area contributed by atoms with Gasteiger partial charge in [-0.05, 0) is 43.2 Å². The number of nitrogens with one attached hydrogen (secondary N) is 1. The quantitative estimate of drug-likeness (QED) is 0.317. The molecule has 2 heterocycles. The number of hydrogen-bond donors (Lipinski definition) is 1. The summed E-state index contributed by atoms with van der Waals surface area (Å²) in [5.41, 5.74) is -0.673. The second kappa shape index (κ2) is 11.4. The molecule has 1 aromatic heterocycles. The van der Waals surface area contributed by atoms with Gasteiger partial charge >= 0.3 is 12.1 Å². The Bertz CT molecular complexity index is 1490. The molecule has 39 heavy (non-hydrogen) atoms. The van der Waals surface area contributed by atoms with Gasteiger partial charge in [-0.15, -0.1) is 11.3 Å². The van der Waals surface area contributed by atoms with Gasteiger partial charge in [0.25, 0.3) is 5.91 Å². The summed E-state index contributed by atoms with van der Waals surface area (Å²) in [6.07, 6.45) is -4.86. The second-order valence-corrected chi connectivity index (χ2v) is 11.3. The van der Waals surface area contributed by atoms with Crippen LogP contribution in [-0.2, 0) is 30.5 Å². The van der Waals surface area contributed by atoms with Gasteiger partial charge in [-0.1, -0.05) is 12.1 Å². The summed E-state index contributed by atoms with van der Waals surface area (Å²) in [5, 5.41) is 4.07. The number of thiazole rings is 1. The number of sulfonamides is 1. The molecule has 15 heteroatoms. The first kappa shape index (κ1) is 28.6. The van der Waals surface area contributed by atoms with E-state index < -0.39 is 62.7 Å². The Balaban J connectivity index is 1.28. The minimum Gasteiger partial charge on any atom is -0.455 e. The van der Waals surface area contributed by atoms with Crippen LogP contribution in [0.3, 0.4) is 0 Å². The molecule has 0 unspecified atom stereocenters. The average molecular weight is 590 g/mol. The van der Waals surface area contributed by atoms with E-state index >= 15 is 0 Å². The zero-order valence-corrected chi connectivity index (χ0v) is 21.5. The summed E-state index contributed by atoms with van der Waals surface area (Å²) in [4.78, 5) is 27.9. The number of nitrogens with zero attached hydrogens (tertiary/aromatic N) is 2. The smallest absolute Gasteiger partial charge is 0.417 e. The van der Waals surface area contributed by atoms with Gasteiger partial charge in [0.05, 0.1) is 22.1 Å². The van der Waals surface area contributed by atoms with Crippen LogP contribution < -0.4 is 5.32 Å². The number of esters is 1. The molecule has 1 N–H and O–H groups in total. The highest BCUT2D eigenvalue weighted by Crippen LogP contribution is 2.36. The molecule has 1 aliphatic rings. The van der Waals surface area contributed by atoms with E-state index in [1.807, 2.05) is 0 Å². The largest absolute Gasteiger partial charge is 0.455 e. The summed E-state index contributed by atoms with van der Waals surface area (Å²) < 4.78 is 98.1. The highest BCUT2D eigenvalue weighted by Gasteiger charge is 2.40. The lowest BCUT2D eigenvalue weighted by Gasteiger charge is -2.30. The highest BCUT2D eigenvalue weighted by atomic mass is 32.2. The summed E-state index contributed by atoms with van der Waals surface area (Å²) in [5.74, 6) is -4.27. The molecule has 1 aliphatic heterocycles. The standard InChI is InChI=1S/C24H20F5N3O5S2/c25-17-6-5-15(11-18(17)26)19-13-38-23(30-19)31-21(33)12-37-22(34)14-7-9-32(10-8-14)39(35,36)20-4-2-1-3-16(20)24(27,28)29/h1-6,11,13-14H,7-10,12H2,(H,30,31,33). The molecule has 0 bridgehead atoms. The zero-order chi connectivity index (χ0) is 28.4. The molecule has 0 aliphatic carbocycles. The van der Waals surface area contributed by atoms with Crippen molar-refractivity contribution in [3.63, 3.8) is 0 Å². The molecule has 1 saturated heterocycles. The fourth-order valence-electron chi connectivity index (χ4n) is 3.93. The van der Waals surface area contributed by atoms with E-state index in [9.17, 15) is 40.0 Å². The summed E-state index contributed by atoms with van der Waals surface area (Å²) in [6, 6.07) is 7.11. The lowest BCUT2D eigenvalue weighted by atomic mass is 9.98. The number of anilines is 1. The van der Waals surface area contributed by atoms with E-state index in [2.05, 4.69) is 10.3 Å². The minimum absolute atomic E-state index is 0.00205. The van der Waals surface area contributed by atoms with Crippen molar-refractivity contribution < 1.29 is 44.7 Å². The lowest BCUT2D eigenvalue weighted by molar-refractivity contribution is -0.152. The molecule has 208 valence electrons. The van der Waals surface area contributed by atoms with Crippen molar-refractivity contribution >= 4 is 38.4 Å². The van der Waals surface area contributed by atoms with Crippen LogP contribution >= 0.6 is 11.3 Å². The van der Waals surface area contributed by atoms with Crippen LogP contribution in [0.5, 0.6) is 0 Å². The van der Waals surface area contributed by atoms with Crippen molar-refractivity contribution in [3.05, 3.63) is 65.0 Å². The van der Waals surface area contributed by atoms with Crippen LogP contribution in [0.1, 0.15) is 18.4 Å². The topological polar surface area (TPSA) is 106 Å². The summed E-state index contributed by atoms with van der Waals surface area (Å²) in [7, 11) is -4.46. The van der Waals surface area contributed by atoms with Crippen molar-refractivity contribution in [2.45, 2.75) is 23.9 Å². The van der Waals surface area contributed by atoms with E-state index in [1.165, 1.54) is 17.5 Å². The van der Waals surface area contributed by atoms with Crippen molar-refractivity contribution in [2.75, 3.05) is 25.0 Å². The van der Waals surface area contributed by atoms with Crippen molar-refractivity contribution in [3.8, 4) is 11.3 Å². The van der Waals surface area contributed by atoms with E-state index in [-0.39, 0.29) is 31.1 Å². The SMILES string of the molecule is O=C(COC(=O)C1CCN(S(=O)(=O)c2ccccc2C(F)(F)F)CC1)Nc1nc(-c2ccc(F)c(F)c2)cs1. The molecule has 8 nitrogen and oxygen atoms in total. The number of halogens is 5. The third kappa shape index (κ3) is 6.59. The summed E-state index contributed by atoms with van der Waals surface area (Å²) in [6.45, 7) is -1.06. The number of hydrogen-bond acceptors (Lipinski definition) is 7. The number of rotatable bonds is 7. The zero-order valence-electron chi connectivity index (χ0n) is 19.9. The second-order valence-electron chi connectivity index (χ2n) is 8.49. The van der Waals surface area contributed by atoms with E-state index in [1.54, 1.807) is 0 Å². The normalized spacial score (nSPS) is 15.2. The first-order valence-corrected chi connectivity index (χ1v) is 13.7. The number of amides is 1. The van der Waals surface area contributed by atoms with Gasteiger partial charge in [0.15, 0.2) is 23.4 Å². The number of aromatic nitrogens is 1. The van der Waals surface area contributed by atoms with Gasteiger partial charge in [0.1, 0.15) is 0 Å². The van der Waals surface area contributed by atoms with Gasteiger partial charge < -0.3 is 4.74 Å². The van der Waals surface area contributed by atoms with Gasteiger partial charge in [0.2, 0.25) is 10.0 Å². The van der Waals surface area contributed by atoms with Crippen LogP contribution in [0, 0.1) is 17.6 Å². The molecule has 4 rings (SSSR count). The first-order chi connectivity index (χ1) is 18.4. The Labute approximate surface area is 223 Å². The monoisotopic (exact) mass is 589 g/mol. The van der Waals surface area contributed by atoms with Crippen LogP contribution in [-0.4, -0.2) is 49.3 Å². The molecule has 0 spiro atoms. The molecule has 0 saturated carbocycles. The molecule has 0 atom stereocenters. The van der Waals surface area contributed by atoms with Crippen LogP contribution in [0.15, 0.2) is 52.7 Å². The van der Waals surface area contributed by atoms with Crippen molar-refractivity contribution in [2.24, 2.45) is 5.92 Å². The Hall–Kier alpha value is -3.43. The highest BCUT2D eigenvalue weighted by molar-refractivity contribution is 7.89. The molecule has 3 aromatic rings. The average Bonchev–Trinajstić information content (AvgIpc) is 3.36. The number of benzene rings is 2. The third-order valence-corrected chi connectivity index (χ3v) is 8.62. The van der Waals surface area contributed by atoms with E-state index in [0.717, 1.165) is 39.9 Å². The molecule has 0 radical (unpaired) electrons. The number of carbonyl (C=O) groups excluding carboxylic acids is 2. The Kier molecular flexibility index (Phi) is 8.32. The predicted molar refractivity (Wildman–Crippen MR) is 130 cm³/mol. The Morgan fingerprint density at radius 3 is 2.44 bits per heavy atom. The molecule has 1 amide bonds. The van der Waals surface area contributed by atoms with Crippen molar-refractivity contribution in [1.29, 1.82) is 0 Å². The van der Waals surface area contributed by atoms with Gasteiger partial charge in [-0.2, -0.15) is 17.5 Å². The van der Waals surface area contributed by atoms with E-state index in [4.69, 9.17) is 4.74 Å². The van der Waals surface area contributed by atoms with Crippen LogP contribution in [0.4, 0.5) is 27.1 Å². The third-order valence-electron chi connectivity index (χ3n) is 5.91. The fraction of sp³-hybridized carbons (Fsp3) is 0.292. The van der Waals surface area contributed by atoms with Crippen molar-refractivity contribution in [1.82, 2.24) is 9.29 Å².